The lowest BCUT2D eigenvalue weighted by Gasteiger charge is -1.83. The second-order valence-electron chi connectivity index (χ2n) is 1.56. The molecule has 1 heterocycles. The minimum Gasteiger partial charge on any atom is -0.313 e. The smallest absolute Gasteiger partial charge is 0.253 e. The minimum absolute atomic E-state index is 0.0694. The lowest BCUT2D eigenvalue weighted by Crippen LogP contribution is -2.07. The van der Waals surface area contributed by atoms with Crippen molar-refractivity contribution in [2.24, 2.45) is 0 Å². The van der Waals surface area contributed by atoms with Gasteiger partial charge in [0.2, 0.25) is 0 Å². The summed E-state index contributed by atoms with van der Waals surface area (Å²) in [6.07, 6.45) is 2.90. The number of aromatic amines is 1. The van der Waals surface area contributed by atoms with Gasteiger partial charge in [0, 0.05) is 11.8 Å². The van der Waals surface area contributed by atoms with Crippen LogP contribution in [0, 0.1) is 6.92 Å². The van der Waals surface area contributed by atoms with Crippen LogP contribution in [0.15, 0.2) is 17.3 Å². The Morgan fingerprint density at radius 1 is 1.50 bits per heavy atom. The maximum absolute atomic E-state index is 10.5. The minimum atomic E-state index is -0.0694. The fourth-order valence-electron chi connectivity index (χ4n) is 0.417. The van der Waals surface area contributed by atoms with Gasteiger partial charge in [-0.3, -0.25) is 4.79 Å². The van der Waals surface area contributed by atoms with Crippen molar-refractivity contribution in [2.75, 3.05) is 0 Å². The fourth-order valence-corrected chi connectivity index (χ4v) is 0.417. The lowest BCUT2D eigenvalue weighted by atomic mass is 10.4. The summed E-state index contributed by atoms with van der Waals surface area (Å²) in [6.45, 7) is 5.71. The molecule has 0 aliphatic heterocycles. The Bertz CT molecular complexity index is 229. The van der Waals surface area contributed by atoms with Gasteiger partial charge in [-0.2, -0.15) is 0 Å². The first-order chi connectivity index (χ1) is 4.80. The van der Waals surface area contributed by atoms with Gasteiger partial charge in [0.05, 0.1) is 6.33 Å². The highest BCUT2D eigenvalue weighted by Crippen LogP contribution is 1.75. The quantitative estimate of drug-likeness (QED) is 0.586. The van der Waals surface area contributed by atoms with Crippen LogP contribution in [0.2, 0.25) is 0 Å². The molecule has 3 nitrogen and oxygen atoms in total. The third-order valence-corrected chi connectivity index (χ3v) is 0.897. The fraction of sp³-hybridized carbons (Fsp3) is 0.429. The van der Waals surface area contributed by atoms with Crippen LogP contribution in [0.3, 0.4) is 0 Å². The number of H-pyrrole nitrogens is 1. The molecule has 0 atom stereocenters. The van der Waals surface area contributed by atoms with E-state index in [9.17, 15) is 4.79 Å². The number of aryl methyl sites for hydroxylation is 1. The zero-order valence-electron chi connectivity index (χ0n) is 6.51. The molecule has 0 saturated carbocycles. The van der Waals surface area contributed by atoms with Crippen molar-refractivity contribution >= 4 is 0 Å². The number of rotatable bonds is 0. The Kier molecular flexibility index (Phi) is 4.20. The van der Waals surface area contributed by atoms with E-state index in [0.717, 1.165) is 0 Å². The van der Waals surface area contributed by atoms with Gasteiger partial charge >= 0.3 is 0 Å². The molecule has 1 aromatic heterocycles. The van der Waals surface area contributed by atoms with Crippen LogP contribution >= 0.6 is 0 Å². The topological polar surface area (TPSA) is 45.8 Å². The molecule has 1 rings (SSSR count). The second-order valence-corrected chi connectivity index (χ2v) is 1.56. The van der Waals surface area contributed by atoms with Crippen molar-refractivity contribution < 1.29 is 0 Å². The van der Waals surface area contributed by atoms with Gasteiger partial charge in [-0.05, 0) is 6.92 Å². The molecule has 56 valence electrons. The van der Waals surface area contributed by atoms with Crippen molar-refractivity contribution in [3.05, 3.63) is 28.4 Å². The third kappa shape index (κ3) is 2.44. The van der Waals surface area contributed by atoms with Gasteiger partial charge in [0.25, 0.3) is 5.56 Å². The molecule has 1 aromatic rings. The highest BCUT2D eigenvalue weighted by Gasteiger charge is 1.84. The second kappa shape index (κ2) is 4.73. The molecule has 10 heavy (non-hydrogen) atoms. The van der Waals surface area contributed by atoms with Gasteiger partial charge in [-0.1, -0.05) is 13.8 Å². The normalized spacial score (nSPS) is 7.90. The van der Waals surface area contributed by atoms with E-state index in [2.05, 4.69) is 9.97 Å². The van der Waals surface area contributed by atoms with Crippen molar-refractivity contribution in [3.63, 3.8) is 0 Å². The standard InChI is InChI=1S/C5H6N2O.C2H6/c1-4-2-6-3-7-5(4)8;1-2/h2-3H,1H3,(H,6,7,8);1-2H3. The van der Waals surface area contributed by atoms with Crippen LogP contribution in [0.5, 0.6) is 0 Å². The van der Waals surface area contributed by atoms with Gasteiger partial charge in [-0.25, -0.2) is 4.98 Å². The molecule has 0 amide bonds. The molecule has 1 N–H and O–H groups in total. The Hall–Kier alpha value is -1.12. The molecule has 0 fully saturated rings. The third-order valence-electron chi connectivity index (χ3n) is 0.897. The van der Waals surface area contributed by atoms with Crippen molar-refractivity contribution in [1.82, 2.24) is 9.97 Å². The van der Waals surface area contributed by atoms with Gasteiger partial charge in [0.1, 0.15) is 0 Å². The Labute approximate surface area is 60.1 Å². The Balaban J connectivity index is 0.000000371. The molecule has 0 aliphatic carbocycles. The first-order valence-electron chi connectivity index (χ1n) is 3.30. The maximum atomic E-state index is 10.5. The van der Waals surface area contributed by atoms with Crippen LogP contribution < -0.4 is 5.56 Å². The van der Waals surface area contributed by atoms with E-state index in [1.165, 1.54) is 12.5 Å². The van der Waals surface area contributed by atoms with Crippen molar-refractivity contribution in [1.29, 1.82) is 0 Å². The van der Waals surface area contributed by atoms with E-state index >= 15 is 0 Å². The molecule has 0 aliphatic rings. The highest BCUT2D eigenvalue weighted by atomic mass is 16.1. The molecular formula is C7H12N2O. The zero-order valence-corrected chi connectivity index (χ0v) is 6.51. The molecule has 0 bridgehead atoms. The number of nitrogens with zero attached hydrogens (tertiary/aromatic N) is 1. The van der Waals surface area contributed by atoms with E-state index in [-0.39, 0.29) is 5.56 Å². The molecule has 0 radical (unpaired) electrons. The Morgan fingerprint density at radius 3 is 2.40 bits per heavy atom. The van der Waals surface area contributed by atoms with Crippen LogP contribution in [0.25, 0.3) is 0 Å². The molecule has 3 heteroatoms. The monoisotopic (exact) mass is 140 g/mol. The van der Waals surface area contributed by atoms with E-state index in [0.29, 0.717) is 5.56 Å². The predicted molar refractivity (Wildman–Crippen MR) is 40.9 cm³/mol. The van der Waals surface area contributed by atoms with Crippen LogP contribution in [-0.2, 0) is 0 Å². The summed E-state index contributed by atoms with van der Waals surface area (Å²) in [7, 11) is 0. The average Bonchev–Trinajstić information content (AvgIpc) is 2.00. The predicted octanol–water partition coefficient (Wildman–Crippen LogP) is 1.10. The largest absolute Gasteiger partial charge is 0.313 e. The summed E-state index contributed by atoms with van der Waals surface area (Å²) < 4.78 is 0. The highest BCUT2D eigenvalue weighted by molar-refractivity contribution is 4.98. The van der Waals surface area contributed by atoms with Crippen molar-refractivity contribution in [2.45, 2.75) is 20.8 Å². The molecule has 0 saturated heterocycles. The van der Waals surface area contributed by atoms with Gasteiger partial charge in [-0.15, -0.1) is 0 Å². The summed E-state index contributed by atoms with van der Waals surface area (Å²) in [6, 6.07) is 0. The summed E-state index contributed by atoms with van der Waals surface area (Å²) in [5.74, 6) is 0. The van der Waals surface area contributed by atoms with E-state index in [4.69, 9.17) is 0 Å². The maximum Gasteiger partial charge on any atom is 0.253 e. The number of hydrogen-bond donors (Lipinski definition) is 1. The van der Waals surface area contributed by atoms with Gasteiger partial charge < -0.3 is 4.98 Å². The van der Waals surface area contributed by atoms with E-state index < -0.39 is 0 Å². The molecule has 0 aromatic carbocycles. The number of nitrogens with one attached hydrogen (secondary N) is 1. The van der Waals surface area contributed by atoms with Crippen LogP contribution in [0.4, 0.5) is 0 Å². The SMILES string of the molecule is CC.Cc1cnc[nH]c1=O. The first kappa shape index (κ1) is 8.88. The molecule has 0 unspecified atom stereocenters. The average molecular weight is 140 g/mol. The molecule has 0 spiro atoms. The van der Waals surface area contributed by atoms with Crippen molar-refractivity contribution in [3.8, 4) is 0 Å². The number of aromatic nitrogens is 2. The number of hydrogen-bond acceptors (Lipinski definition) is 2. The van der Waals surface area contributed by atoms with E-state index in [1.54, 1.807) is 6.92 Å². The summed E-state index contributed by atoms with van der Waals surface area (Å²) >= 11 is 0. The van der Waals surface area contributed by atoms with Crippen LogP contribution in [0.1, 0.15) is 19.4 Å². The summed E-state index contributed by atoms with van der Waals surface area (Å²) in [5, 5.41) is 0. The summed E-state index contributed by atoms with van der Waals surface area (Å²) in [4.78, 5) is 16.6. The Morgan fingerprint density at radius 2 is 2.10 bits per heavy atom. The zero-order chi connectivity index (χ0) is 7.98. The summed E-state index contributed by atoms with van der Waals surface area (Å²) in [5.41, 5.74) is 0.576. The molecular weight excluding hydrogens is 128 g/mol. The lowest BCUT2D eigenvalue weighted by molar-refractivity contribution is 1.08. The van der Waals surface area contributed by atoms with Crippen LogP contribution in [-0.4, -0.2) is 9.97 Å². The first-order valence-corrected chi connectivity index (χ1v) is 3.30. The van der Waals surface area contributed by atoms with E-state index in [1.807, 2.05) is 13.8 Å². The van der Waals surface area contributed by atoms with Gasteiger partial charge in [0.15, 0.2) is 0 Å².